The number of ether oxygens (including phenoxy) is 2. The largest absolute Gasteiger partial charge is 0.465 e. The Bertz CT molecular complexity index is 1570. The number of nitrogens with one attached hydrogen (secondary N) is 1. The molecule has 3 aromatic carbocycles. The predicted molar refractivity (Wildman–Crippen MR) is 153 cm³/mol. The molecule has 1 saturated carbocycles. The van der Waals surface area contributed by atoms with Crippen molar-refractivity contribution in [2.75, 3.05) is 11.9 Å². The van der Waals surface area contributed by atoms with E-state index in [1.165, 1.54) is 25.1 Å². The van der Waals surface area contributed by atoms with Crippen molar-refractivity contribution in [3.63, 3.8) is 0 Å². The highest BCUT2D eigenvalue weighted by molar-refractivity contribution is 7.14. The second-order valence-corrected chi connectivity index (χ2v) is 11.0. The molecule has 1 atom stereocenters. The molecule has 1 aliphatic rings. The average molecular weight is 582 g/mol. The first kappa shape index (κ1) is 27.8. The average Bonchev–Trinajstić information content (AvgIpc) is 3.66. The summed E-state index contributed by atoms with van der Waals surface area (Å²) >= 11 is 6.70. The summed E-state index contributed by atoms with van der Waals surface area (Å²) in [4.78, 5) is 25.7. The molecular weight excluding hydrogens is 556 g/mol. The topological polar surface area (TPSA) is 64.6 Å². The number of amides is 1. The first-order valence-electron chi connectivity index (χ1n) is 12.8. The molecule has 1 heterocycles. The molecule has 1 amide bonds. The van der Waals surface area contributed by atoms with E-state index < -0.39 is 28.6 Å². The molecule has 1 aliphatic carbocycles. The number of anilines is 1. The van der Waals surface area contributed by atoms with E-state index in [9.17, 15) is 18.4 Å². The van der Waals surface area contributed by atoms with Crippen molar-refractivity contribution in [3.05, 3.63) is 99.9 Å². The van der Waals surface area contributed by atoms with Crippen LogP contribution < -0.4 is 5.32 Å². The fraction of sp³-hybridized carbons (Fsp3) is 0.226. The van der Waals surface area contributed by atoms with Crippen LogP contribution in [-0.4, -0.2) is 18.7 Å². The standard InChI is InChI=1S/C31H26ClF2NO4S/c1-3-38-29(36)31(14-15-31)20-10-8-19(9-11-20)23-6-4-5-7-24(23)28-26(17-27(34)40-28)35-30(37)39-18(2)22-13-12-21(32)16-25(22)33/h4-13,16-18H,3,14-15H2,1-2H3,(H,35,37). The van der Waals surface area contributed by atoms with E-state index in [0.29, 0.717) is 17.0 Å². The van der Waals surface area contributed by atoms with Gasteiger partial charge in [0.05, 0.1) is 22.6 Å². The Kier molecular flexibility index (Phi) is 7.92. The number of esters is 1. The number of carbonyl (C=O) groups excluding carboxylic acids is 2. The van der Waals surface area contributed by atoms with Gasteiger partial charge in [-0.25, -0.2) is 9.18 Å². The van der Waals surface area contributed by atoms with Gasteiger partial charge in [-0.1, -0.05) is 66.2 Å². The number of carbonyl (C=O) groups is 2. The number of hydrogen-bond donors (Lipinski definition) is 1. The van der Waals surface area contributed by atoms with Crippen molar-refractivity contribution in [2.24, 2.45) is 0 Å². The smallest absolute Gasteiger partial charge is 0.412 e. The molecule has 0 saturated heterocycles. The molecule has 4 aromatic rings. The fourth-order valence-corrected chi connectivity index (χ4v) is 5.79. The van der Waals surface area contributed by atoms with Crippen LogP contribution in [0.5, 0.6) is 0 Å². The highest BCUT2D eigenvalue weighted by Crippen LogP contribution is 2.50. The molecule has 9 heteroatoms. The zero-order valence-corrected chi connectivity index (χ0v) is 23.4. The fourth-order valence-electron chi connectivity index (χ4n) is 4.76. The Morgan fingerprint density at radius 3 is 2.38 bits per heavy atom. The summed E-state index contributed by atoms with van der Waals surface area (Å²) in [6.07, 6.45) is -0.245. The minimum absolute atomic E-state index is 0.168. The molecule has 1 fully saturated rings. The van der Waals surface area contributed by atoms with Gasteiger partial charge < -0.3 is 9.47 Å². The van der Waals surface area contributed by atoms with Crippen LogP contribution in [0, 0.1) is 10.9 Å². The van der Waals surface area contributed by atoms with Crippen LogP contribution in [0.2, 0.25) is 5.02 Å². The molecule has 40 heavy (non-hydrogen) atoms. The SMILES string of the molecule is CCOC(=O)C1(c2ccc(-c3ccccc3-c3sc(F)cc3NC(=O)OC(C)c3ccc(Cl)cc3F)cc2)CC1. The third kappa shape index (κ3) is 5.60. The number of halogens is 3. The Balaban J connectivity index is 1.38. The van der Waals surface area contributed by atoms with Crippen molar-refractivity contribution < 1.29 is 27.8 Å². The predicted octanol–water partition coefficient (Wildman–Crippen LogP) is 8.92. The van der Waals surface area contributed by atoms with E-state index in [0.717, 1.165) is 46.9 Å². The van der Waals surface area contributed by atoms with Crippen molar-refractivity contribution in [1.82, 2.24) is 0 Å². The molecule has 5 rings (SSSR count). The van der Waals surface area contributed by atoms with Gasteiger partial charge in [-0.15, -0.1) is 11.3 Å². The third-order valence-electron chi connectivity index (χ3n) is 6.96. The van der Waals surface area contributed by atoms with Crippen molar-refractivity contribution in [2.45, 2.75) is 38.2 Å². The maximum Gasteiger partial charge on any atom is 0.412 e. The van der Waals surface area contributed by atoms with Crippen LogP contribution in [0.25, 0.3) is 21.6 Å². The zero-order valence-electron chi connectivity index (χ0n) is 21.8. The number of thiophene rings is 1. The van der Waals surface area contributed by atoms with Gasteiger partial charge in [0.25, 0.3) is 0 Å². The molecular formula is C31H26ClF2NO4S. The quantitative estimate of drug-likeness (QED) is 0.211. The maximum atomic E-state index is 14.5. The highest BCUT2D eigenvalue weighted by Gasteiger charge is 2.52. The van der Waals surface area contributed by atoms with E-state index in [1.807, 2.05) is 48.5 Å². The van der Waals surface area contributed by atoms with Gasteiger partial charge in [-0.05, 0) is 55.5 Å². The highest BCUT2D eigenvalue weighted by atomic mass is 35.5. The third-order valence-corrected chi connectivity index (χ3v) is 8.15. The Hall–Kier alpha value is -3.75. The van der Waals surface area contributed by atoms with Gasteiger partial charge in [0.15, 0.2) is 5.13 Å². The first-order valence-corrected chi connectivity index (χ1v) is 14.0. The van der Waals surface area contributed by atoms with E-state index in [1.54, 1.807) is 6.92 Å². The summed E-state index contributed by atoms with van der Waals surface area (Å²) in [7, 11) is 0. The molecule has 0 aliphatic heterocycles. The lowest BCUT2D eigenvalue weighted by molar-refractivity contribution is -0.146. The number of benzene rings is 3. The van der Waals surface area contributed by atoms with Gasteiger partial charge in [-0.3, -0.25) is 10.1 Å². The maximum absolute atomic E-state index is 14.5. The van der Waals surface area contributed by atoms with Crippen LogP contribution in [0.1, 0.15) is 43.9 Å². The monoisotopic (exact) mass is 581 g/mol. The summed E-state index contributed by atoms with van der Waals surface area (Å²) in [6.45, 7) is 3.67. The first-order chi connectivity index (χ1) is 19.2. The summed E-state index contributed by atoms with van der Waals surface area (Å²) in [5.41, 5.74) is 3.14. The Morgan fingerprint density at radius 1 is 1.02 bits per heavy atom. The van der Waals surface area contributed by atoms with Crippen LogP contribution in [0.4, 0.5) is 19.3 Å². The molecule has 1 unspecified atom stereocenters. The van der Waals surface area contributed by atoms with Gasteiger partial charge in [0, 0.05) is 22.2 Å². The van der Waals surface area contributed by atoms with Crippen LogP contribution in [0.3, 0.4) is 0 Å². The molecule has 1 aromatic heterocycles. The number of rotatable bonds is 8. The van der Waals surface area contributed by atoms with Crippen LogP contribution in [-0.2, 0) is 19.7 Å². The minimum Gasteiger partial charge on any atom is -0.465 e. The van der Waals surface area contributed by atoms with Gasteiger partial charge >= 0.3 is 12.1 Å². The van der Waals surface area contributed by atoms with Crippen molar-refractivity contribution >= 4 is 40.7 Å². The summed E-state index contributed by atoms with van der Waals surface area (Å²) in [5, 5.41) is 2.35. The zero-order chi connectivity index (χ0) is 28.4. The number of hydrogen-bond acceptors (Lipinski definition) is 5. The van der Waals surface area contributed by atoms with Gasteiger partial charge in [0.1, 0.15) is 11.9 Å². The lowest BCUT2D eigenvalue weighted by Gasteiger charge is -2.16. The normalized spacial score (nSPS) is 14.3. The van der Waals surface area contributed by atoms with E-state index >= 15 is 0 Å². The lowest BCUT2D eigenvalue weighted by atomic mass is 9.92. The molecule has 206 valence electrons. The molecule has 5 nitrogen and oxygen atoms in total. The van der Waals surface area contributed by atoms with E-state index in [-0.39, 0.29) is 22.2 Å². The molecule has 0 bridgehead atoms. The Morgan fingerprint density at radius 2 is 1.73 bits per heavy atom. The summed E-state index contributed by atoms with van der Waals surface area (Å²) in [5.74, 6) is -0.794. The van der Waals surface area contributed by atoms with Gasteiger partial charge in [-0.2, -0.15) is 4.39 Å². The van der Waals surface area contributed by atoms with E-state index in [2.05, 4.69) is 5.32 Å². The molecule has 0 spiro atoms. The summed E-state index contributed by atoms with van der Waals surface area (Å²) in [6, 6.07) is 20.5. The van der Waals surface area contributed by atoms with Crippen LogP contribution in [0.15, 0.2) is 72.8 Å². The molecule has 0 radical (unpaired) electrons. The Labute approximate surface area is 239 Å². The summed E-state index contributed by atoms with van der Waals surface area (Å²) < 4.78 is 39.5. The minimum atomic E-state index is -0.903. The van der Waals surface area contributed by atoms with Crippen LogP contribution >= 0.6 is 22.9 Å². The van der Waals surface area contributed by atoms with E-state index in [4.69, 9.17) is 21.1 Å². The van der Waals surface area contributed by atoms with Gasteiger partial charge in [0.2, 0.25) is 0 Å². The second-order valence-electron chi connectivity index (χ2n) is 9.56. The van der Waals surface area contributed by atoms with Crippen molar-refractivity contribution in [1.29, 1.82) is 0 Å². The lowest BCUT2D eigenvalue weighted by Crippen LogP contribution is -2.23. The molecule has 1 N–H and O–H groups in total. The second kappa shape index (κ2) is 11.4. The van der Waals surface area contributed by atoms with Crippen molar-refractivity contribution in [3.8, 4) is 21.6 Å².